The smallest absolute Gasteiger partial charge is 0.342 e. The van der Waals surface area contributed by atoms with Crippen molar-refractivity contribution < 1.29 is 18.7 Å². The van der Waals surface area contributed by atoms with Crippen molar-refractivity contribution in [1.82, 2.24) is 0 Å². The molecule has 1 aliphatic rings. The molecule has 1 aliphatic heterocycles. The molecule has 1 heterocycles. The normalized spacial score (nSPS) is 24.3. The third-order valence-corrected chi connectivity index (χ3v) is 2.42. The predicted molar refractivity (Wildman–Crippen MR) is 50.0 cm³/mol. The van der Waals surface area contributed by atoms with Gasteiger partial charge in [-0.15, -0.1) is 0 Å². The van der Waals surface area contributed by atoms with Crippen LogP contribution in [0.5, 0.6) is 0 Å². The van der Waals surface area contributed by atoms with Crippen LogP contribution in [-0.4, -0.2) is 17.9 Å². The van der Waals surface area contributed by atoms with Gasteiger partial charge in [0.1, 0.15) is 5.82 Å². The van der Waals surface area contributed by atoms with Crippen LogP contribution in [0, 0.1) is 5.82 Å². The van der Waals surface area contributed by atoms with E-state index in [0.717, 1.165) is 0 Å². The molecule has 1 aromatic carbocycles. The highest BCUT2D eigenvalue weighted by molar-refractivity contribution is 5.94. The molecule has 0 spiro atoms. The van der Waals surface area contributed by atoms with Crippen molar-refractivity contribution in [2.45, 2.75) is 18.9 Å². The second-order valence-electron chi connectivity index (χ2n) is 3.77. The van der Waals surface area contributed by atoms with E-state index in [9.17, 15) is 14.0 Å². The van der Waals surface area contributed by atoms with Gasteiger partial charge in [-0.1, -0.05) is 12.1 Å². The minimum atomic E-state index is -1.17. The lowest BCUT2D eigenvalue weighted by atomic mass is 9.91. The van der Waals surface area contributed by atoms with Gasteiger partial charge >= 0.3 is 5.97 Å². The largest absolute Gasteiger partial charge is 0.448 e. The van der Waals surface area contributed by atoms with Crippen molar-refractivity contribution in [2.75, 3.05) is 0 Å². The maximum absolute atomic E-state index is 13.3. The Morgan fingerprint density at radius 3 is 2.93 bits per heavy atom. The van der Waals surface area contributed by atoms with Crippen LogP contribution in [0.4, 0.5) is 4.39 Å². The number of cyclic esters (lactones) is 1. The maximum Gasteiger partial charge on any atom is 0.342 e. The molecule has 1 aromatic rings. The van der Waals surface area contributed by atoms with Crippen LogP contribution in [-0.2, 0) is 16.0 Å². The number of hydrogen-bond acceptors (Lipinski definition) is 3. The molecule has 0 saturated heterocycles. The number of carbonyl (C=O) groups is 2. The highest BCUT2D eigenvalue weighted by Gasteiger charge is 2.37. The van der Waals surface area contributed by atoms with E-state index < -0.39 is 17.4 Å². The summed E-state index contributed by atoms with van der Waals surface area (Å²) in [5, 5.41) is 0. The van der Waals surface area contributed by atoms with Gasteiger partial charge in [0.15, 0.2) is 11.9 Å². The van der Waals surface area contributed by atoms with Gasteiger partial charge in [-0.25, -0.2) is 9.18 Å². The number of rotatable bonds is 1. The van der Waals surface area contributed by atoms with Crippen molar-refractivity contribution in [3.05, 3.63) is 35.1 Å². The van der Waals surface area contributed by atoms with Crippen LogP contribution < -0.4 is 0 Å². The Balaban J connectivity index is 2.54. The molecule has 4 heteroatoms. The second-order valence-corrected chi connectivity index (χ2v) is 3.77. The number of carbonyl (C=O) groups excluding carboxylic acids is 2. The molecule has 1 unspecified atom stereocenters. The Morgan fingerprint density at radius 2 is 2.27 bits per heavy atom. The van der Waals surface area contributed by atoms with Crippen LogP contribution >= 0.6 is 0 Å². The van der Waals surface area contributed by atoms with E-state index in [4.69, 9.17) is 4.74 Å². The summed E-state index contributed by atoms with van der Waals surface area (Å²) in [6.45, 7) is 1.51. The summed E-state index contributed by atoms with van der Waals surface area (Å²) in [5.74, 6) is -1.38. The average Bonchev–Trinajstić information content (AvgIpc) is 2.17. The van der Waals surface area contributed by atoms with Crippen LogP contribution in [0.25, 0.3) is 0 Å². The SMILES string of the molecule is CC1(C=O)Cc2cccc(F)c2C(=O)O1. The van der Waals surface area contributed by atoms with Gasteiger partial charge in [0.25, 0.3) is 0 Å². The quantitative estimate of drug-likeness (QED) is 0.518. The Bertz CT molecular complexity index is 441. The van der Waals surface area contributed by atoms with Crippen molar-refractivity contribution in [3.8, 4) is 0 Å². The molecular formula is C11H9FO3. The van der Waals surface area contributed by atoms with Gasteiger partial charge in [-0.2, -0.15) is 0 Å². The predicted octanol–water partition coefficient (Wildman–Crippen LogP) is 1.50. The van der Waals surface area contributed by atoms with Crippen molar-refractivity contribution >= 4 is 12.3 Å². The number of hydrogen-bond donors (Lipinski definition) is 0. The molecule has 0 fully saturated rings. The van der Waals surface area contributed by atoms with E-state index in [2.05, 4.69) is 0 Å². The lowest BCUT2D eigenvalue weighted by molar-refractivity contribution is -0.124. The molecule has 0 radical (unpaired) electrons. The zero-order chi connectivity index (χ0) is 11.1. The minimum Gasteiger partial charge on any atom is -0.448 e. The fraction of sp³-hybridized carbons (Fsp3) is 0.273. The summed E-state index contributed by atoms with van der Waals surface area (Å²) in [4.78, 5) is 22.2. The Hall–Kier alpha value is -1.71. The molecule has 0 saturated carbocycles. The maximum atomic E-state index is 13.3. The molecule has 0 amide bonds. The summed E-state index contributed by atoms with van der Waals surface area (Å²) in [6.07, 6.45) is 0.786. The van der Waals surface area contributed by atoms with Crippen molar-refractivity contribution in [1.29, 1.82) is 0 Å². The molecule has 0 bridgehead atoms. The number of halogens is 1. The molecular weight excluding hydrogens is 199 g/mol. The number of aldehydes is 1. The highest BCUT2D eigenvalue weighted by atomic mass is 19.1. The Morgan fingerprint density at radius 1 is 1.53 bits per heavy atom. The minimum absolute atomic E-state index is 0.0585. The zero-order valence-corrected chi connectivity index (χ0v) is 8.12. The fourth-order valence-electron chi connectivity index (χ4n) is 1.69. The Labute approximate surface area is 85.9 Å². The van der Waals surface area contributed by atoms with Crippen LogP contribution in [0.15, 0.2) is 18.2 Å². The monoisotopic (exact) mass is 208 g/mol. The van der Waals surface area contributed by atoms with Gasteiger partial charge in [0, 0.05) is 6.42 Å². The van der Waals surface area contributed by atoms with Gasteiger partial charge in [-0.05, 0) is 18.6 Å². The van der Waals surface area contributed by atoms with Crippen LogP contribution in [0.1, 0.15) is 22.8 Å². The summed E-state index contributed by atoms with van der Waals surface area (Å²) in [6, 6.07) is 4.34. The van der Waals surface area contributed by atoms with E-state index in [1.54, 1.807) is 6.07 Å². The van der Waals surface area contributed by atoms with E-state index >= 15 is 0 Å². The second kappa shape index (κ2) is 3.15. The third-order valence-electron chi connectivity index (χ3n) is 2.42. The van der Waals surface area contributed by atoms with Crippen molar-refractivity contribution in [3.63, 3.8) is 0 Å². The lowest BCUT2D eigenvalue weighted by Gasteiger charge is -2.29. The first-order valence-electron chi connectivity index (χ1n) is 4.53. The molecule has 0 aromatic heterocycles. The van der Waals surface area contributed by atoms with Crippen LogP contribution in [0.2, 0.25) is 0 Å². The summed E-state index contributed by atoms with van der Waals surface area (Å²) in [5.41, 5.74) is -0.713. The van der Waals surface area contributed by atoms with Gasteiger partial charge < -0.3 is 4.74 Å². The number of fused-ring (bicyclic) bond motifs is 1. The van der Waals surface area contributed by atoms with E-state index in [1.807, 2.05) is 0 Å². The molecule has 78 valence electrons. The Kier molecular flexibility index (Phi) is 2.07. The van der Waals surface area contributed by atoms with Gasteiger partial charge in [0.05, 0.1) is 5.56 Å². The first-order valence-corrected chi connectivity index (χ1v) is 4.53. The summed E-state index contributed by atoms with van der Waals surface area (Å²) >= 11 is 0. The molecule has 0 N–H and O–H groups in total. The number of esters is 1. The van der Waals surface area contributed by atoms with E-state index in [-0.39, 0.29) is 12.0 Å². The lowest BCUT2D eigenvalue weighted by Crippen LogP contribution is -2.40. The van der Waals surface area contributed by atoms with Gasteiger partial charge in [0.2, 0.25) is 0 Å². The summed E-state index contributed by atoms with van der Waals surface area (Å²) < 4.78 is 18.2. The van der Waals surface area contributed by atoms with Crippen molar-refractivity contribution in [2.24, 2.45) is 0 Å². The number of benzene rings is 1. The zero-order valence-electron chi connectivity index (χ0n) is 8.12. The molecule has 0 aliphatic carbocycles. The average molecular weight is 208 g/mol. The van der Waals surface area contributed by atoms with Crippen LogP contribution in [0.3, 0.4) is 0 Å². The number of ether oxygens (including phenoxy) is 1. The molecule has 3 nitrogen and oxygen atoms in total. The molecule has 15 heavy (non-hydrogen) atoms. The molecule has 1 atom stereocenters. The fourth-order valence-corrected chi connectivity index (χ4v) is 1.69. The van der Waals surface area contributed by atoms with E-state index in [1.165, 1.54) is 19.1 Å². The first kappa shape index (κ1) is 9.83. The van der Waals surface area contributed by atoms with Gasteiger partial charge in [-0.3, -0.25) is 4.79 Å². The summed E-state index contributed by atoms with van der Waals surface area (Å²) in [7, 11) is 0. The van der Waals surface area contributed by atoms with E-state index in [0.29, 0.717) is 11.8 Å². The standard InChI is InChI=1S/C11H9FO3/c1-11(6-13)5-7-3-2-4-8(12)9(7)10(14)15-11/h2-4,6H,5H2,1H3. The topological polar surface area (TPSA) is 43.4 Å². The molecule has 2 rings (SSSR count). The highest BCUT2D eigenvalue weighted by Crippen LogP contribution is 2.28. The third kappa shape index (κ3) is 1.52. The first-order chi connectivity index (χ1) is 7.06.